The number of carbonyl (C=O) groups is 1. The van der Waals surface area contributed by atoms with Gasteiger partial charge in [-0.05, 0) is 24.3 Å². The number of benzene rings is 1. The minimum atomic E-state index is -0.516. The Morgan fingerprint density at radius 2 is 2.06 bits per heavy atom. The van der Waals surface area contributed by atoms with Gasteiger partial charge in [-0.3, -0.25) is 4.79 Å². The first-order valence-electron chi connectivity index (χ1n) is 5.83. The first-order chi connectivity index (χ1) is 8.74. The van der Waals surface area contributed by atoms with Crippen molar-refractivity contribution in [3.05, 3.63) is 30.3 Å². The van der Waals surface area contributed by atoms with Crippen LogP contribution in [-0.4, -0.2) is 37.2 Å². The summed E-state index contributed by atoms with van der Waals surface area (Å²) in [5.74, 6) is 2.23. The lowest BCUT2D eigenvalue weighted by Gasteiger charge is -2.09. The standard InChI is InChI=1S/C13H19NO3S/c1-16-13(15)12(14)7-9-18-10-8-17-11-5-3-2-4-6-11/h2-6,12H,7-10,14H2,1H3. The van der Waals surface area contributed by atoms with Crippen LogP contribution in [0.4, 0.5) is 0 Å². The second-order valence-electron chi connectivity index (χ2n) is 3.69. The predicted octanol–water partition coefficient (Wildman–Crippen LogP) is 1.69. The molecule has 1 atom stereocenters. The normalized spacial score (nSPS) is 11.9. The Morgan fingerprint density at radius 1 is 1.33 bits per heavy atom. The van der Waals surface area contributed by atoms with Gasteiger partial charge < -0.3 is 15.2 Å². The van der Waals surface area contributed by atoms with Crippen molar-refractivity contribution in [2.75, 3.05) is 25.2 Å². The highest BCUT2D eigenvalue weighted by molar-refractivity contribution is 7.99. The van der Waals surface area contributed by atoms with Gasteiger partial charge in [0.2, 0.25) is 0 Å². The molecule has 0 aliphatic heterocycles. The minimum absolute atomic E-state index is 0.351. The molecule has 1 rings (SSSR count). The number of methoxy groups -OCH3 is 1. The van der Waals surface area contributed by atoms with Gasteiger partial charge in [0.05, 0.1) is 13.7 Å². The maximum absolute atomic E-state index is 11.0. The number of carbonyl (C=O) groups excluding carboxylic acids is 1. The minimum Gasteiger partial charge on any atom is -0.493 e. The summed E-state index contributed by atoms with van der Waals surface area (Å²) < 4.78 is 10.1. The number of esters is 1. The van der Waals surface area contributed by atoms with E-state index in [9.17, 15) is 4.79 Å². The van der Waals surface area contributed by atoms with Crippen molar-refractivity contribution in [2.24, 2.45) is 5.73 Å². The van der Waals surface area contributed by atoms with Crippen LogP contribution in [0.15, 0.2) is 30.3 Å². The van der Waals surface area contributed by atoms with Gasteiger partial charge in [0, 0.05) is 5.75 Å². The summed E-state index contributed by atoms with van der Waals surface area (Å²) >= 11 is 1.72. The Hall–Kier alpha value is -1.20. The van der Waals surface area contributed by atoms with E-state index in [2.05, 4.69) is 4.74 Å². The van der Waals surface area contributed by atoms with Crippen LogP contribution in [0.2, 0.25) is 0 Å². The fraction of sp³-hybridized carbons (Fsp3) is 0.462. The maximum Gasteiger partial charge on any atom is 0.322 e. The van der Waals surface area contributed by atoms with Crippen molar-refractivity contribution in [2.45, 2.75) is 12.5 Å². The summed E-state index contributed by atoms with van der Waals surface area (Å²) in [6, 6.07) is 9.18. The third-order valence-electron chi connectivity index (χ3n) is 2.32. The van der Waals surface area contributed by atoms with Crippen LogP contribution in [0.25, 0.3) is 0 Å². The number of nitrogens with two attached hydrogens (primary N) is 1. The number of ether oxygens (including phenoxy) is 2. The van der Waals surface area contributed by atoms with Gasteiger partial charge in [-0.15, -0.1) is 0 Å². The van der Waals surface area contributed by atoms with Crippen LogP contribution in [0.5, 0.6) is 5.75 Å². The molecule has 0 amide bonds. The zero-order valence-electron chi connectivity index (χ0n) is 10.5. The van der Waals surface area contributed by atoms with E-state index in [-0.39, 0.29) is 5.97 Å². The second kappa shape index (κ2) is 8.83. The van der Waals surface area contributed by atoms with Gasteiger partial charge in [-0.1, -0.05) is 18.2 Å². The van der Waals surface area contributed by atoms with Gasteiger partial charge in [-0.25, -0.2) is 0 Å². The Morgan fingerprint density at radius 3 is 2.72 bits per heavy atom. The Bertz CT molecular complexity index is 345. The van der Waals surface area contributed by atoms with Crippen LogP contribution in [-0.2, 0) is 9.53 Å². The molecule has 0 aliphatic carbocycles. The first kappa shape index (κ1) is 14.9. The highest BCUT2D eigenvalue weighted by Gasteiger charge is 2.12. The number of thioether (sulfide) groups is 1. The topological polar surface area (TPSA) is 61.5 Å². The average Bonchev–Trinajstić information content (AvgIpc) is 2.42. The molecule has 0 spiro atoms. The Labute approximate surface area is 112 Å². The smallest absolute Gasteiger partial charge is 0.322 e. The van der Waals surface area contributed by atoms with Crippen molar-refractivity contribution < 1.29 is 14.3 Å². The summed E-state index contributed by atoms with van der Waals surface area (Å²) in [4.78, 5) is 11.0. The zero-order valence-corrected chi connectivity index (χ0v) is 11.3. The molecule has 0 saturated heterocycles. The Balaban J connectivity index is 2.01. The molecular weight excluding hydrogens is 250 g/mol. The van der Waals surface area contributed by atoms with Crippen LogP contribution in [0.1, 0.15) is 6.42 Å². The highest BCUT2D eigenvalue weighted by atomic mass is 32.2. The summed E-state index contributed by atoms with van der Waals surface area (Å²) in [5, 5.41) is 0. The van der Waals surface area contributed by atoms with E-state index >= 15 is 0 Å². The maximum atomic E-state index is 11.0. The third-order valence-corrected chi connectivity index (χ3v) is 3.30. The van der Waals surface area contributed by atoms with Crippen LogP contribution < -0.4 is 10.5 Å². The fourth-order valence-corrected chi connectivity index (χ4v) is 2.14. The van der Waals surface area contributed by atoms with Gasteiger partial charge in [0.1, 0.15) is 11.8 Å². The van der Waals surface area contributed by atoms with Crippen molar-refractivity contribution in [1.29, 1.82) is 0 Å². The van der Waals surface area contributed by atoms with E-state index in [1.54, 1.807) is 11.8 Å². The van der Waals surface area contributed by atoms with Crippen molar-refractivity contribution in [3.8, 4) is 5.75 Å². The van der Waals surface area contributed by atoms with E-state index in [1.165, 1.54) is 7.11 Å². The first-order valence-corrected chi connectivity index (χ1v) is 6.98. The molecule has 2 N–H and O–H groups in total. The third kappa shape index (κ3) is 5.93. The molecule has 5 heteroatoms. The van der Waals surface area contributed by atoms with Crippen LogP contribution in [0, 0.1) is 0 Å². The monoisotopic (exact) mass is 269 g/mol. The summed E-state index contributed by atoms with van der Waals surface area (Å²) in [6.07, 6.45) is 0.628. The van der Waals surface area contributed by atoms with E-state index in [1.807, 2.05) is 30.3 Å². The van der Waals surface area contributed by atoms with Gasteiger partial charge in [-0.2, -0.15) is 11.8 Å². The van der Waals surface area contributed by atoms with E-state index in [4.69, 9.17) is 10.5 Å². The van der Waals surface area contributed by atoms with Crippen LogP contribution in [0.3, 0.4) is 0 Å². The van der Waals surface area contributed by atoms with E-state index in [0.29, 0.717) is 13.0 Å². The Kier molecular flexibility index (Phi) is 7.29. The molecule has 4 nitrogen and oxygen atoms in total. The number of hydrogen-bond donors (Lipinski definition) is 1. The summed E-state index contributed by atoms with van der Waals surface area (Å²) in [7, 11) is 1.35. The number of rotatable bonds is 8. The second-order valence-corrected chi connectivity index (χ2v) is 4.92. The lowest BCUT2D eigenvalue weighted by atomic mass is 10.2. The largest absolute Gasteiger partial charge is 0.493 e. The molecule has 0 aliphatic rings. The van der Waals surface area contributed by atoms with Gasteiger partial charge >= 0.3 is 5.97 Å². The van der Waals surface area contributed by atoms with Crippen molar-refractivity contribution in [1.82, 2.24) is 0 Å². The molecule has 0 aromatic heterocycles. The number of hydrogen-bond acceptors (Lipinski definition) is 5. The van der Waals surface area contributed by atoms with Crippen molar-refractivity contribution in [3.63, 3.8) is 0 Å². The average molecular weight is 269 g/mol. The molecule has 1 unspecified atom stereocenters. The molecule has 0 saturated carbocycles. The van der Waals surface area contributed by atoms with Gasteiger partial charge in [0.25, 0.3) is 0 Å². The molecule has 0 radical (unpaired) electrons. The molecule has 0 fully saturated rings. The van der Waals surface area contributed by atoms with Crippen LogP contribution >= 0.6 is 11.8 Å². The molecule has 18 heavy (non-hydrogen) atoms. The zero-order chi connectivity index (χ0) is 13.2. The quantitative estimate of drug-likeness (QED) is 0.575. The lowest BCUT2D eigenvalue weighted by molar-refractivity contribution is -0.142. The molecule has 1 aromatic carbocycles. The van der Waals surface area contributed by atoms with Gasteiger partial charge in [0.15, 0.2) is 0 Å². The summed E-state index contributed by atoms with van der Waals surface area (Å²) in [5.41, 5.74) is 5.61. The molecular formula is C13H19NO3S. The molecule has 1 aromatic rings. The SMILES string of the molecule is COC(=O)C(N)CCSCCOc1ccccc1. The predicted molar refractivity (Wildman–Crippen MR) is 73.9 cm³/mol. The lowest BCUT2D eigenvalue weighted by Crippen LogP contribution is -2.32. The molecule has 0 heterocycles. The van der Waals surface area contributed by atoms with E-state index < -0.39 is 6.04 Å². The van der Waals surface area contributed by atoms with E-state index in [0.717, 1.165) is 17.3 Å². The summed E-state index contributed by atoms with van der Waals surface area (Å²) in [6.45, 7) is 0.655. The van der Waals surface area contributed by atoms with Crippen molar-refractivity contribution >= 4 is 17.7 Å². The fourth-order valence-electron chi connectivity index (χ4n) is 1.32. The number of para-hydroxylation sites is 1. The highest BCUT2D eigenvalue weighted by Crippen LogP contribution is 2.10. The molecule has 100 valence electrons. The molecule has 0 bridgehead atoms.